The van der Waals surface area contributed by atoms with Crippen molar-refractivity contribution in [2.75, 3.05) is 13.1 Å². The number of Topliss-reactive ketones (excluding diaryl/α,β-unsaturated/α-hetero) is 3. The molecule has 3 amide bonds. The largest absolute Gasteiger partial charge is 0.334 e. The first-order chi connectivity index (χ1) is 25.5. The van der Waals surface area contributed by atoms with Crippen molar-refractivity contribution in [1.82, 2.24) is 19.8 Å². The third kappa shape index (κ3) is 9.03. The van der Waals surface area contributed by atoms with Gasteiger partial charge in [0.1, 0.15) is 6.04 Å². The predicted octanol–water partition coefficient (Wildman–Crippen LogP) is 6.03. The monoisotopic (exact) mass is 782 g/mol. The first-order valence-electron chi connectivity index (χ1n) is 19.6. The number of hydrogen-bond donors (Lipinski definition) is 2. The maximum Gasteiger partial charge on any atom is 0.315 e. The third-order valence-electron chi connectivity index (χ3n) is 12.4. The zero-order chi connectivity index (χ0) is 39.4. The SMILES string of the molecule is C#CCCC(CC(=O)[C@@H]1[C@H]2CCC[C@H]2CN1C(=O)[C@@H](NC(=O)N[C@H](CN1Cc2sccc2S1(=O)=O)C(C)(C)C)C1(C)CCCCC1)C(=O)C(=O)CCC=C. The molecule has 2 saturated carbocycles. The van der Waals surface area contributed by atoms with Gasteiger partial charge in [0.15, 0.2) is 11.6 Å². The molecule has 1 aromatic heterocycles. The van der Waals surface area contributed by atoms with Gasteiger partial charge < -0.3 is 15.5 Å². The van der Waals surface area contributed by atoms with Gasteiger partial charge >= 0.3 is 6.03 Å². The molecular weight excluding hydrogens is 725 g/mol. The molecule has 1 saturated heterocycles. The van der Waals surface area contributed by atoms with Crippen molar-refractivity contribution >= 4 is 50.6 Å². The van der Waals surface area contributed by atoms with Gasteiger partial charge in [0, 0.05) is 55.7 Å². The van der Waals surface area contributed by atoms with Crippen LogP contribution in [0.3, 0.4) is 0 Å². The number of sulfonamides is 1. The van der Waals surface area contributed by atoms with Gasteiger partial charge in [-0.2, -0.15) is 4.31 Å². The van der Waals surface area contributed by atoms with E-state index in [0.29, 0.717) is 17.9 Å². The van der Waals surface area contributed by atoms with Crippen LogP contribution in [0.2, 0.25) is 0 Å². The number of carbonyl (C=O) groups excluding carboxylic acids is 5. The van der Waals surface area contributed by atoms with Gasteiger partial charge in [-0.05, 0) is 72.6 Å². The number of carbonyl (C=O) groups is 5. The van der Waals surface area contributed by atoms with E-state index in [4.69, 9.17) is 6.42 Å². The molecule has 13 heteroatoms. The zero-order valence-corrected chi connectivity index (χ0v) is 34.0. The molecule has 4 aliphatic rings. The number of allylic oxidation sites excluding steroid dienone is 1. The lowest BCUT2D eigenvalue weighted by Crippen LogP contribution is -2.62. The Morgan fingerprint density at radius 2 is 1.83 bits per heavy atom. The lowest BCUT2D eigenvalue weighted by atomic mass is 9.70. The highest BCUT2D eigenvalue weighted by Gasteiger charge is 2.53. The maximum atomic E-state index is 15.0. The zero-order valence-electron chi connectivity index (χ0n) is 32.4. The van der Waals surface area contributed by atoms with Crippen molar-refractivity contribution in [3.63, 3.8) is 0 Å². The smallest absolute Gasteiger partial charge is 0.315 e. The van der Waals surface area contributed by atoms with E-state index >= 15 is 0 Å². The fourth-order valence-corrected chi connectivity index (χ4v) is 12.0. The van der Waals surface area contributed by atoms with Gasteiger partial charge in [0.2, 0.25) is 21.7 Å². The Morgan fingerprint density at radius 3 is 2.48 bits per heavy atom. The first kappa shape index (κ1) is 41.8. The average molecular weight is 783 g/mol. The molecule has 1 aromatic rings. The van der Waals surface area contributed by atoms with E-state index in [9.17, 15) is 32.4 Å². The minimum Gasteiger partial charge on any atom is -0.334 e. The van der Waals surface area contributed by atoms with Gasteiger partial charge in [-0.1, -0.05) is 59.5 Å². The van der Waals surface area contributed by atoms with Crippen LogP contribution in [0.15, 0.2) is 29.0 Å². The number of nitrogens with one attached hydrogen (secondary N) is 2. The van der Waals surface area contributed by atoms with E-state index in [0.717, 1.165) is 56.2 Å². The normalized spacial score (nSPS) is 24.7. The van der Waals surface area contributed by atoms with Crippen LogP contribution in [0.25, 0.3) is 0 Å². The number of amides is 3. The molecule has 3 heterocycles. The number of thiophene rings is 1. The van der Waals surface area contributed by atoms with Crippen molar-refractivity contribution in [3.05, 3.63) is 29.0 Å². The van der Waals surface area contributed by atoms with Crippen LogP contribution in [0.5, 0.6) is 0 Å². The van der Waals surface area contributed by atoms with E-state index in [1.807, 2.05) is 27.7 Å². The summed E-state index contributed by atoms with van der Waals surface area (Å²) >= 11 is 1.40. The summed E-state index contributed by atoms with van der Waals surface area (Å²) in [5.41, 5.74) is -1.11. The van der Waals surface area contributed by atoms with E-state index in [-0.39, 0.29) is 62.3 Å². The number of nitrogens with zero attached hydrogens (tertiary/aromatic N) is 2. The Morgan fingerprint density at radius 1 is 1.11 bits per heavy atom. The molecule has 1 unspecified atom stereocenters. The third-order valence-corrected chi connectivity index (χ3v) is 15.3. The fraction of sp³-hybridized carbons (Fsp3) is 0.683. The number of rotatable bonds is 16. The summed E-state index contributed by atoms with van der Waals surface area (Å²) in [6, 6.07) is -1.23. The highest BCUT2D eigenvalue weighted by atomic mass is 32.2. The Hall–Kier alpha value is -3.34. The molecule has 2 N–H and O–H groups in total. The van der Waals surface area contributed by atoms with Crippen molar-refractivity contribution in [2.45, 2.75) is 141 Å². The Bertz CT molecular complexity index is 1750. The van der Waals surface area contributed by atoms with E-state index < -0.39 is 62.5 Å². The Kier molecular flexibility index (Phi) is 13.3. The molecule has 0 aromatic carbocycles. The fourth-order valence-electron chi connectivity index (χ4n) is 9.12. The molecule has 3 fully saturated rings. The number of hydrogen-bond acceptors (Lipinski definition) is 8. The van der Waals surface area contributed by atoms with Crippen LogP contribution in [-0.4, -0.2) is 78.1 Å². The van der Waals surface area contributed by atoms with Gasteiger partial charge in [0.05, 0.1) is 10.9 Å². The van der Waals surface area contributed by atoms with Crippen LogP contribution in [0.1, 0.15) is 116 Å². The minimum atomic E-state index is -3.69. The quantitative estimate of drug-likeness (QED) is 0.118. The average Bonchev–Trinajstić information content (AvgIpc) is 3.90. The van der Waals surface area contributed by atoms with Crippen molar-refractivity contribution < 1.29 is 32.4 Å². The second kappa shape index (κ2) is 17.2. The summed E-state index contributed by atoms with van der Waals surface area (Å²) in [7, 11) is -3.69. The lowest BCUT2D eigenvalue weighted by Gasteiger charge is -2.43. The van der Waals surface area contributed by atoms with Gasteiger partial charge in [0.25, 0.3) is 0 Å². The Labute approximate surface area is 325 Å². The maximum absolute atomic E-state index is 15.0. The molecule has 0 bridgehead atoms. The number of terminal acetylenes is 1. The molecule has 0 spiro atoms. The molecule has 5 rings (SSSR count). The van der Waals surface area contributed by atoms with Crippen molar-refractivity contribution in [1.29, 1.82) is 0 Å². The standard InChI is InChI=1S/C41H58N4O7S2/c1-7-9-15-27(36(48)30(46)18-10-8-2)23-31(47)35-29-17-14-16-28(29)24-45(35)38(49)37(41(6)20-12-11-13-21-41)43-39(50)42-34(40(3,4)5)26-44-25-32-33(19-22-53-32)54(44,51)52/h1,8,19,22,27-29,34-35,37H,2,9-18,20-21,23-26H2,3-6H3,(H2,42,43,50)/t27?,28-,29-,34+,35-,37+/m0/s1. The second-order valence-corrected chi connectivity index (χ2v) is 20.1. The van der Waals surface area contributed by atoms with Crippen LogP contribution in [0.4, 0.5) is 4.79 Å². The minimum absolute atomic E-state index is 0.0229. The molecule has 54 heavy (non-hydrogen) atoms. The molecule has 2 aliphatic heterocycles. The molecular formula is C41H58N4O7S2. The topological polar surface area (TPSA) is 150 Å². The molecule has 2 aliphatic carbocycles. The highest BCUT2D eigenvalue weighted by molar-refractivity contribution is 7.89. The number of likely N-dealkylation sites (tertiary alicyclic amines) is 1. The molecule has 296 valence electrons. The van der Waals surface area contributed by atoms with Crippen LogP contribution < -0.4 is 10.6 Å². The summed E-state index contributed by atoms with van der Waals surface area (Å²) in [4.78, 5) is 72.2. The summed E-state index contributed by atoms with van der Waals surface area (Å²) in [6.45, 7) is 12.2. The lowest BCUT2D eigenvalue weighted by molar-refractivity contribution is -0.144. The second-order valence-electron chi connectivity index (χ2n) is 17.2. The first-order valence-corrected chi connectivity index (χ1v) is 21.9. The Balaban J connectivity index is 1.38. The van der Waals surface area contributed by atoms with Crippen LogP contribution in [0, 0.1) is 40.9 Å². The van der Waals surface area contributed by atoms with E-state index in [1.54, 1.807) is 22.4 Å². The predicted molar refractivity (Wildman–Crippen MR) is 209 cm³/mol. The number of urea groups is 1. The van der Waals surface area contributed by atoms with Gasteiger partial charge in [-0.25, -0.2) is 13.2 Å². The summed E-state index contributed by atoms with van der Waals surface area (Å²) in [5.74, 6) is 0.0331. The van der Waals surface area contributed by atoms with E-state index in [1.165, 1.54) is 15.6 Å². The van der Waals surface area contributed by atoms with Gasteiger partial charge in [-0.15, -0.1) is 30.3 Å². The molecule has 11 nitrogen and oxygen atoms in total. The highest BCUT2D eigenvalue weighted by Crippen LogP contribution is 2.46. The number of ketones is 3. The van der Waals surface area contributed by atoms with Gasteiger partial charge in [-0.3, -0.25) is 19.2 Å². The van der Waals surface area contributed by atoms with Crippen molar-refractivity contribution in [2.24, 2.45) is 28.6 Å². The van der Waals surface area contributed by atoms with Crippen molar-refractivity contribution in [3.8, 4) is 12.3 Å². The summed E-state index contributed by atoms with van der Waals surface area (Å²) in [5, 5.41) is 7.88. The number of fused-ring (bicyclic) bond motifs is 2. The molecule has 6 atom stereocenters. The molecule has 0 radical (unpaired) electrons. The van der Waals surface area contributed by atoms with Crippen LogP contribution >= 0.6 is 11.3 Å². The van der Waals surface area contributed by atoms with E-state index in [2.05, 4.69) is 23.1 Å². The van der Waals surface area contributed by atoms with Crippen LogP contribution in [-0.2, 0) is 35.7 Å². The summed E-state index contributed by atoms with van der Waals surface area (Å²) in [6.07, 6.45) is 14.6. The summed E-state index contributed by atoms with van der Waals surface area (Å²) < 4.78 is 28.1.